The molecule has 1 aromatic carbocycles. The van der Waals surface area contributed by atoms with Gasteiger partial charge in [0.25, 0.3) is 0 Å². The van der Waals surface area contributed by atoms with Crippen molar-refractivity contribution in [1.29, 1.82) is 0 Å². The Morgan fingerprint density at radius 1 is 1.33 bits per heavy atom. The lowest BCUT2D eigenvalue weighted by molar-refractivity contribution is 0.401. The van der Waals surface area contributed by atoms with Crippen molar-refractivity contribution in [3.05, 3.63) is 38.2 Å². The zero-order valence-electron chi connectivity index (χ0n) is 7.10. The second-order valence-electron chi connectivity index (χ2n) is 2.74. The molecule has 0 N–H and O–H groups in total. The molecule has 78 valence electrons. The largest absolute Gasteiger partial charge is 0.347 e. The van der Waals surface area contributed by atoms with E-state index in [-0.39, 0.29) is 10.8 Å². The summed E-state index contributed by atoms with van der Waals surface area (Å²) >= 11 is 12.3. The van der Waals surface area contributed by atoms with Gasteiger partial charge in [0, 0.05) is 5.56 Å². The van der Waals surface area contributed by atoms with Crippen molar-refractivity contribution in [1.82, 2.24) is 5.16 Å². The number of hydrogen-bond acceptors (Lipinski definition) is 2. The van der Waals surface area contributed by atoms with E-state index in [2.05, 4.69) is 37.0 Å². The Hall–Kier alpha value is -0.390. The van der Waals surface area contributed by atoms with Crippen molar-refractivity contribution in [2.75, 3.05) is 0 Å². The summed E-state index contributed by atoms with van der Waals surface area (Å²) < 4.78 is 18.8. The smallest absolute Gasteiger partial charge is 0.216 e. The molecule has 2 rings (SSSR count). The van der Waals surface area contributed by atoms with E-state index in [4.69, 9.17) is 16.1 Å². The molecule has 0 fully saturated rings. The first-order chi connectivity index (χ1) is 7.09. The van der Waals surface area contributed by atoms with E-state index in [0.29, 0.717) is 20.4 Å². The van der Waals surface area contributed by atoms with E-state index in [1.165, 1.54) is 12.1 Å². The van der Waals surface area contributed by atoms with Gasteiger partial charge < -0.3 is 4.52 Å². The maximum absolute atomic E-state index is 12.8. The highest BCUT2D eigenvalue weighted by Gasteiger charge is 2.15. The van der Waals surface area contributed by atoms with Gasteiger partial charge in [-0.1, -0.05) is 16.8 Å². The first-order valence-electron chi connectivity index (χ1n) is 3.85. The number of benzene rings is 1. The van der Waals surface area contributed by atoms with Gasteiger partial charge in [-0.3, -0.25) is 0 Å². The predicted molar refractivity (Wildman–Crippen MR) is 62.3 cm³/mol. The molecule has 0 radical (unpaired) electrons. The monoisotopic (exact) mass is 353 g/mol. The summed E-state index contributed by atoms with van der Waals surface area (Å²) in [6.07, 6.45) is 0. The Balaban J connectivity index is 2.59. The van der Waals surface area contributed by atoms with Crippen molar-refractivity contribution in [3.8, 4) is 11.3 Å². The minimum atomic E-state index is -0.387. The maximum atomic E-state index is 12.8. The molecule has 0 amide bonds. The molecule has 6 heteroatoms. The standard InChI is InChI=1S/C9H3Br2ClFNO/c10-7-8(14-15-9(7)11)5-2-1-4(13)3-6(5)12/h1-3H. The summed E-state index contributed by atoms with van der Waals surface area (Å²) in [6.45, 7) is 0. The fraction of sp³-hybridized carbons (Fsp3) is 0. The molecular formula is C9H3Br2ClFNO. The molecular weight excluding hydrogens is 352 g/mol. The van der Waals surface area contributed by atoms with Crippen molar-refractivity contribution in [2.24, 2.45) is 0 Å². The van der Waals surface area contributed by atoms with Gasteiger partial charge >= 0.3 is 0 Å². The average Bonchev–Trinajstić information content (AvgIpc) is 2.49. The summed E-state index contributed by atoms with van der Waals surface area (Å²) in [7, 11) is 0. The van der Waals surface area contributed by atoms with Crippen molar-refractivity contribution < 1.29 is 8.91 Å². The molecule has 15 heavy (non-hydrogen) atoms. The summed E-state index contributed by atoms with van der Waals surface area (Å²) in [6, 6.07) is 4.09. The Bertz CT molecular complexity index is 515. The number of nitrogens with zero attached hydrogens (tertiary/aromatic N) is 1. The van der Waals surface area contributed by atoms with Crippen LogP contribution in [0.4, 0.5) is 4.39 Å². The fourth-order valence-electron chi connectivity index (χ4n) is 1.11. The van der Waals surface area contributed by atoms with E-state index in [0.717, 1.165) is 0 Å². The van der Waals surface area contributed by atoms with E-state index >= 15 is 0 Å². The lowest BCUT2D eigenvalue weighted by Gasteiger charge is -2.00. The van der Waals surface area contributed by atoms with Gasteiger partial charge in [0.05, 0.1) is 5.02 Å². The zero-order valence-corrected chi connectivity index (χ0v) is 11.0. The third-order valence-corrected chi connectivity index (χ3v) is 3.91. The van der Waals surface area contributed by atoms with Crippen molar-refractivity contribution in [3.63, 3.8) is 0 Å². The first kappa shape index (κ1) is 11.1. The molecule has 2 nitrogen and oxygen atoms in total. The zero-order chi connectivity index (χ0) is 11.0. The molecule has 0 saturated carbocycles. The second kappa shape index (κ2) is 4.23. The molecule has 0 spiro atoms. The Morgan fingerprint density at radius 2 is 2.07 bits per heavy atom. The topological polar surface area (TPSA) is 26.0 Å². The third-order valence-electron chi connectivity index (χ3n) is 1.78. The van der Waals surface area contributed by atoms with Gasteiger partial charge in [-0.25, -0.2) is 4.39 Å². The molecule has 1 aromatic heterocycles. The highest BCUT2D eigenvalue weighted by molar-refractivity contribution is 9.13. The lowest BCUT2D eigenvalue weighted by Crippen LogP contribution is -1.82. The van der Waals surface area contributed by atoms with E-state index in [1.807, 2.05) is 0 Å². The van der Waals surface area contributed by atoms with Crippen LogP contribution in [0.5, 0.6) is 0 Å². The van der Waals surface area contributed by atoms with E-state index < -0.39 is 0 Å². The maximum Gasteiger partial charge on any atom is 0.216 e. The van der Waals surface area contributed by atoms with Crippen LogP contribution in [0.2, 0.25) is 5.02 Å². The number of halogens is 4. The van der Waals surface area contributed by atoms with Crippen LogP contribution < -0.4 is 0 Å². The quantitative estimate of drug-likeness (QED) is 0.744. The molecule has 1 heterocycles. The highest BCUT2D eigenvalue weighted by atomic mass is 79.9. The SMILES string of the molecule is Fc1ccc(-c2noc(Br)c2Br)c(Cl)c1. The lowest BCUT2D eigenvalue weighted by atomic mass is 10.1. The van der Waals surface area contributed by atoms with Crippen LogP contribution in [0, 0.1) is 5.82 Å². The Kier molecular flexibility index (Phi) is 3.13. The van der Waals surface area contributed by atoms with Gasteiger partial charge in [-0.2, -0.15) is 0 Å². The molecule has 2 aromatic rings. The second-order valence-corrected chi connectivity index (χ2v) is 4.66. The Morgan fingerprint density at radius 3 is 2.60 bits per heavy atom. The van der Waals surface area contributed by atoms with Gasteiger partial charge in [0.2, 0.25) is 4.67 Å². The number of aromatic nitrogens is 1. The Labute approximate surface area is 107 Å². The average molecular weight is 355 g/mol. The highest BCUT2D eigenvalue weighted by Crippen LogP contribution is 2.36. The summed E-state index contributed by atoms with van der Waals surface area (Å²) in [5, 5.41) is 4.09. The molecule has 0 bridgehead atoms. The third kappa shape index (κ3) is 2.09. The minimum absolute atomic E-state index is 0.288. The van der Waals surface area contributed by atoms with Crippen molar-refractivity contribution in [2.45, 2.75) is 0 Å². The predicted octanol–water partition coefficient (Wildman–Crippen LogP) is 4.66. The van der Waals surface area contributed by atoms with Crippen LogP contribution in [0.25, 0.3) is 11.3 Å². The normalized spacial score (nSPS) is 10.7. The van der Waals surface area contributed by atoms with E-state index in [9.17, 15) is 4.39 Å². The van der Waals surface area contributed by atoms with Crippen LogP contribution in [0.1, 0.15) is 0 Å². The van der Waals surface area contributed by atoms with Gasteiger partial charge in [0.1, 0.15) is 16.0 Å². The summed E-state index contributed by atoms with van der Waals surface area (Å²) in [5.74, 6) is -0.387. The molecule has 0 aliphatic carbocycles. The van der Waals surface area contributed by atoms with Crippen molar-refractivity contribution >= 4 is 43.5 Å². The van der Waals surface area contributed by atoms with Crippen LogP contribution in [0.3, 0.4) is 0 Å². The van der Waals surface area contributed by atoms with Gasteiger partial charge in [0.15, 0.2) is 0 Å². The molecule has 0 aliphatic heterocycles. The summed E-state index contributed by atoms with van der Waals surface area (Å²) in [5.41, 5.74) is 1.14. The molecule has 0 aliphatic rings. The minimum Gasteiger partial charge on any atom is -0.347 e. The van der Waals surface area contributed by atoms with Crippen LogP contribution in [-0.4, -0.2) is 5.16 Å². The number of hydrogen-bond donors (Lipinski definition) is 0. The fourth-order valence-corrected chi connectivity index (χ4v) is 1.98. The molecule has 0 unspecified atom stereocenters. The van der Waals surface area contributed by atoms with Gasteiger partial charge in [-0.05, 0) is 50.1 Å². The van der Waals surface area contributed by atoms with Crippen LogP contribution in [-0.2, 0) is 0 Å². The number of rotatable bonds is 1. The first-order valence-corrected chi connectivity index (χ1v) is 5.82. The van der Waals surface area contributed by atoms with Crippen LogP contribution >= 0.6 is 43.5 Å². The van der Waals surface area contributed by atoms with E-state index in [1.54, 1.807) is 6.07 Å². The summed E-state index contributed by atoms with van der Waals surface area (Å²) in [4.78, 5) is 0. The molecule has 0 saturated heterocycles. The van der Waals surface area contributed by atoms with Crippen LogP contribution in [0.15, 0.2) is 31.9 Å². The molecule has 0 atom stereocenters. The van der Waals surface area contributed by atoms with Gasteiger partial charge in [-0.15, -0.1) is 0 Å².